The number of carbonyl (C=O) groups excluding carboxylic acids is 1. The Kier molecular flexibility index (Phi) is 12.2. The second kappa shape index (κ2) is 14.3. The average Bonchev–Trinajstić information content (AvgIpc) is 2.62. The van der Waals surface area contributed by atoms with Crippen molar-refractivity contribution in [1.82, 2.24) is 0 Å². The lowest BCUT2D eigenvalue weighted by atomic mass is 10.1. The Labute approximate surface area is 158 Å². The summed E-state index contributed by atoms with van der Waals surface area (Å²) in [5.74, 6) is 0.672. The third-order valence-electron chi connectivity index (χ3n) is 4.21. The van der Waals surface area contributed by atoms with Crippen molar-refractivity contribution < 1.29 is 19.0 Å². The zero-order chi connectivity index (χ0) is 19.0. The van der Waals surface area contributed by atoms with Gasteiger partial charge in [0.1, 0.15) is 0 Å². The smallest absolute Gasteiger partial charge is 0.488 e. The lowest BCUT2D eigenvalue weighted by molar-refractivity contribution is 0.0959. The first-order valence-electron chi connectivity index (χ1n) is 10.0. The Balaban J connectivity index is 2.10. The fourth-order valence-corrected chi connectivity index (χ4v) is 2.78. The Bertz CT molecular complexity index is 505. The molecule has 0 radical (unpaired) electrons. The molecular formula is C21H35NO4. The molecule has 0 bridgehead atoms. The maximum absolute atomic E-state index is 11.8. The van der Waals surface area contributed by atoms with Gasteiger partial charge in [-0.1, -0.05) is 70.8 Å². The summed E-state index contributed by atoms with van der Waals surface area (Å²) >= 11 is 0. The number of para-hydroxylation sites is 1. The summed E-state index contributed by atoms with van der Waals surface area (Å²) in [4.78, 5) is 11.8. The molecule has 5 heteroatoms. The van der Waals surface area contributed by atoms with E-state index in [1.54, 1.807) is 18.2 Å². The summed E-state index contributed by atoms with van der Waals surface area (Å²) in [6.07, 6.45) is 11.7. The van der Waals surface area contributed by atoms with Gasteiger partial charge in [0.2, 0.25) is 0 Å². The van der Waals surface area contributed by atoms with Crippen LogP contribution in [-0.4, -0.2) is 19.4 Å². The highest BCUT2D eigenvalue weighted by Gasteiger charge is 2.13. The topological polar surface area (TPSA) is 70.8 Å². The van der Waals surface area contributed by atoms with Gasteiger partial charge in [0, 0.05) is 0 Å². The maximum atomic E-state index is 11.8. The Morgan fingerprint density at radius 3 is 2.15 bits per heavy atom. The fraction of sp³-hybridized carbons (Fsp3) is 0.667. The van der Waals surface area contributed by atoms with E-state index >= 15 is 0 Å². The van der Waals surface area contributed by atoms with E-state index in [2.05, 4.69) is 6.92 Å². The Hall–Kier alpha value is -1.91. The molecule has 1 aromatic carbocycles. The maximum Gasteiger partial charge on any atom is 0.513 e. The molecule has 0 heterocycles. The van der Waals surface area contributed by atoms with E-state index in [4.69, 9.17) is 19.9 Å². The lowest BCUT2D eigenvalue weighted by Gasteiger charge is -2.12. The molecule has 0 atom stereocenters. The second-order valence-electron chi connectivity index (χ2n) is 6.49. The van der Waals surface area contributed by atoms with Gasteiger partial charge in [-0.3, -0.25) is 0 Å². The summed E-state index contributed by atoms with van der Waals surface area (Å²) in [6, 6.07) is 5.05. The standard InChI is InChI=1S/C21H35NO4/c1-3-5-6-7-8-9-10-11-12-13-17-25-21(23)26-19-16-14-15-18(22)20(19)24-4-2/h14-16H,3-13,17,22H2,1-2H3. The predicted octanol–water partition coefficient (Wildman–Crippen LogP) is 6.10. The van der Waals surface area contributed by atoms with Crippen molar-refractivity contribution in [3.05, 3.63) is 18.2 Å². The number of rotatable bonds is 14. The second-order valence-corrected chi connectivity index (χ2v) is 6.49. The molecule has 2 N–H and O–H groups in total. The van der Waals surface area contributed by atoms with Crippen LogP contribution in [0, 0.1) is 0 Å². The molecule has 26 heavy (non-hydrogen) atoms. The largest absolute Gasteiger partial charge is 0.513 e. The molecular weight excluding hydrogens is 330 g/mol. The van der Waals surface area contributed by atoms with Gasteiger partial charge in [0.05, 0.1) is 18.9 Å². The van der Waals surface area contributed by atoms with Gasteiger partial charge in [0.25, 0.3) is 0 Å². The van der Waals surface area contributed by atoms with Crippen molar-refractivity contribution >= 4 is 11.8 Å². The highest BCUT2D eigenvalue weighted by Crippen LogP contribution is 2.33. The number of hydrogen-bond acceptors (Lipinski definition) is 5. The zero-order valence-electron chi connectivity index (χ0n) is 16.4. The van der Waals surface area contributed by atoms with Crippen LogP contribution >= 0.6 is 0 Å². The van der Waals surface area contributed by atoms with Gasteiger partial charge in [-0.2, -0.15) is 0 Å². The molecule has 5 nitrogen and oxygen atoms in total. The zero-order valence-corrected chi connectivity index (χ0v) is 16.4. The number of benzene rings is 1. The molecule has 0 saturated carbocycles. The van der Waals surface area contributed by atoms with Crippen molar-refractivity contribution in [2.75, 3.05) is 18.9 Å². The number of unbranched alkanes of at least 4 members (excludes halogenated alkanes) is 9. The van der Waals surface area contributed by atoms with Crippen molar-refractivity contribution in [3.8, 4) is 11.5 Å². The monoisotopic (exact) mass is 365 g/mol. The molecule has 0 aromatic heterocycles. The van der Waals surface area contributed by atoms with Gasteiger partial charge >= 0.3 is 6.16 Å². The van der Waals surface area contributed by atoms with E-state index in [0.717, 1.165) is 12.8 Å². The van der Waals surface area contributed by atoms with E-state index in [1.165, 1.54) is 51.4 Å². The van der Waals surface area contributed by atoms with Crippen molar-refractivity contribution in [2.24, 2.45) is 0 Å². The summed E-state index contributed by atoms with van der Waals surface area (Å²) in [6.45, 7) is 4.91. The number of nitrogen functional groups attached to an aromatic ring is 1. The van der Waals surface area contributed by atoms with Gasteiger partial charge in [0.15, 0.2) is 11.5 Å². The molecule has 1 rings (SSSR count). The van der Waals surface area contributed by atoms with E-state index in [0.29, 0.717) is 30.4 Å². The molecule has 0 unspecified atom stereocenters. The Morgan fingerprint density at radius 1 is 0.923 bits per heavy atom. The summed E-state index contributed by atoms with van der Waals surface area (Å²) < 4.78 is 15.8. The summed E-state index contributed by atoms with van der Waals surface area (Å²) in [7, 11) is 0. The van der Waals surface area contributed by atoms with Gasteiger partial charge in [-0.15, -0.1) is 0 Å². The van der Waals surface area contributed by atoms with Gasteiger partial charge < -0.3 is 19.9 Å². The molecule has 148 valence electrons. The molecule has 0 aliphatic rings. The lowest BCUT2D eigenvalue weighted by Crippen LogP contribution is -2.12. The molecule has 1 aromatic rings. The van der Waals surface area contributed by atoms with Crippen LogP contribution in [0.4, 0.5) is 10.5 Å². The van der Waals surface area contributed by atoms with Crippen LogP contribution in [0.1, 0.15) is 78.1 Å². The van der Waals surface area contributed by atoms with Crippen molar-refractivity contribution in [2.45, 2.75) is 78.1 Å². The number of hydrogen-bond donors (Lipinski definition) is 1. The minimum Gasteiger partial charge on any atom is -0.488 e. The third-order valence-corrected chi connectivity index (χ3v) is 4.21. The number of anilines is 1. The highest BCUT2D eigenvalue weighted by atomic mass is 16.7. The minimum atomic E-state index is -0.715. The van der Waals surface area contributed by atoms with Crippen LogP contribution in [0.3, 0.4) is 0 Å². The molecule has 0 spiro atoms. The van der Waals surface area contributed by atoms with E-state index in [1.807, 2.05) is 6.92 Å². The number of carbonyl (C=O) groups is 1. The summed E-state index contributed by atoms with van der Waals surface area (Å²) in [5.41, 5.74) is 6.28. The van der Waals surface area contributed by atoms with Crippen LogP contribution in [0.25, 0.3) is 0 Å². The number of ether oxygens (including phenoxy) is 3. The van der Waals surface area contributed by atoms with E-state index in [-0.39, 0.29) is 0 Å². The molecule has 0 amide bonds. The Morgan fingerprint density at radius 2 is 1.54 bits per heavy atom. The van der Waals surface area contributed by atoms with E-state index < -0.39 is 6.16 Å². The molecule has 0 aliphatic heterocycles. The van der Waals surface area contributed by atoms with Gasteiger partial charge in [-0.05, 0) is 25.5 Å². The van der Waals surface area contributed by atoms with Crippen LogP contribution in [0.2, 0.25) is 0 Å². The summed E-state index contributed by atoms with van der Waals surface area (Å²) in [5, 5.41) is 0. The highest BCUT2D eigenvalue weighted by molar-refractivity contribution is 5.69. The van der Waals surface area contributed by atoms with Crippen molar-refractivity contribution in [3.63, 3.8) is 0 Å². The first kappa shape index (κ1) is 22.1. The quantitative estimate of drug-likeness (QED) is 0.186. The predicted molar refractivity (Wildman–Crippen MR) is 106 cm³/mol. The van der Waals surface area contributed by atoms with Gasteiger partial charge in [-0.25, -0.2) is 4.79 Å². The molecule has 0 saturated heterocycles. The minimum absolute atomic E-state index is 0.292. The van der Waals surface area contributed by atoms with Crippen LogP contribution in [-0.2, 0) is 4.74 Å². The van der Waals surface area contributed by atoms with E-state index in [9.17, 15) is 4.79 Å². The fourth-order valence-electron chi connectivity index (χ4n) is 2.78. The first-order valence-corrected chi connectivity index (χ1v) is 10.0. The molecule has 0 aliphatic carbocycles. The van der Waals surface area contributed by atoms with Crippen LogP contribution in [0.15, 0.2) is 18.2 Å². The first-order chi connectivity index (χ1) is 12.7. The third kappa shape index (κ3) is 9.54. The van der Waals surface area contributed by atoms with Crippen LogP contribution < -0.4 is 15.2 Å². The average molecular weight is 366 g/mol. The normalized spacial score (nSPS) is 10.5. The van der Waals surface area contributed by atoms with Crippen LogP contribution in [0.5, 0.6) is 11.5 Å². The SMILES string of the molecule is CCCCCCCCCCCCOC(=O)Oc1cccc(N)c1OCC. The van der Waals surface area contributed by atoms with Crippen molar-refractivity contribution in [1.29, 1.82) is 0 Å². The number of nitrogens with two attached hydrogens (primary N) is 1. The molecule has 0 fully saturated rings.